The van der Waals surface area contributed by atoms with Crippen LogP contribution in [-0.2, 0) is 14.8 Å². The van der Waals surface area contributed by atoms with Crippen LogP contribution in [0.25, 0.3) is 0 Å². The minimum absolute atomic E-state index is 0.0768. The Bertz CT molecular complexity index is 349. The summed E-state index contributed by atoms with van der Waals surface area (Å²) in [5.74, 6) is -0.0768. The number of carbonyl (C=O) groups excluding carboxylic acids is 1. The Kier molecular flexibility index (Phi) is 5.16. The van der Waals surface area contributed by atoms with E-state index in [0.717, 1.165) is 0 Å². The molecule has 1 rings (SSSR count). The van der Waals surface area contributed by atoms with Gasteiger partial charge in [-0.15, -0.1) is 0 Å². The number of hydrogen-bond donors (Lipinski definition) is 1. The molecule has 8 heteroatoms. The minimum atomic E-state index is -3.28. The Hall–Kier alpha value is -0.860. The van der Waals surface area contributed by atoms with Gasteiger partial charge in [0.1, 0.15) is 0 Å². The molecule has 7 nitrogen and oxygen atoms in total. The summed E-state index contributed by atoms with van der Waals surface area (Å²) >= 11 is 0. The fourth-order valence-corrected chi connectivity index (χ4v) is 2.72. The molecule has 1 aliphatic heterocycles. The topological polar surface area (TPSA) is 79.0 Å². The number of carbonyl (C=O) groups is 1. The molecule has 0 aromatic heterocycles. The van der Waals surface area contributed by atoms with Crippen LogP contribution in [0, 0.1) is 0 Å². The van der Waals surface area contributed by atoms with Crippen molar-refractivity contribution in [3.8, 4) is 0 Å². The predicted molar refractivity (Wildman–Crippen MR) is 63.3 cm³/mol. The van der Waals surface area contributed by atoms with Gasteiger partial charge in [-0.3, -0.25) is 0 Å². The number of rotatable bonds is 4. The van der Waals surface area contributed by atoms with E-state index in [1.807, 2.05) is 0 Å². The zero-order valence-corrected chi connectivity index (χ0v) is 11.0. The molecule has 0 bridgehead atoms. The molecular formula is C9H19N3O4S. The molecule has 0 unspecified atom stereocenters. The fourth-order valence-electron chi connectivity index (χ4n) is 1.40. The zero-order valence-electron chi connectivity index (χ0n) is 10.2. The number of nitrogens with one attached hydrogen (secondary N) is 1. The summed E-state index contributed by atoms with van der Waals surface area (Å²) in [6.45, 7) is 1.77. The van der Waals surface area contributed by atoms with Crippen molar-refractivity contribution < 1.29 is 17.9 Å². The summed E-state index contributed by atoms with van der Waals surface area (Å²) in [7, 11) is -0.0786. The number of morpholine rings is 1. The van der Waals surface area contributed by atoms with Crippen molar-refractivity contribution in [2.24, 2.45) is 0 Å². The van der Waals surface area contributed by atoms with Crippen molar-refractivity contribution in [3.63, 3.8) is 0 Å². The van der Waals surface area contributed by atoms with Crippen molar-refractivity contribution in [1.29, 1.82) is 0 Å². The smallest absolute Gasteiger partial charge is 0.316 e. The molecule has 0 spiro atoms. The van der Waals surface area contributed by atoms with Gasteiger partial charge in [-0.2, -0.15) is 4.31 Å². The number of nitrogens with zero attached hydrogens (tertiary/aromatic N) is 2. The van der Waals surface area contributed by atoms with Gasteiger partial charge in [-0.05, 0) is 0 Å². The second-order valence-electron chi connectivity index (χ2n) is 3.95. The summed E-state index contributed by atoms with van der Waals surface area (Å²) in [6.07, 6.45) is 0. The lowest BCUT2D eigenvalue weighted by atomic mass is 10.5. The summed E-state index contributed by atoms with van der Waals surface area (Å²) in [4.78, 5) is 12.6. The van der Waals surface area contributed by atoms with Gasteiger partial charge in [-0.25, -0.2) is 13.2 Å². The second-order valence-corrected chi connectivity index (χ2v) is 6.04. The Morgan fingerprint density at radius 1 is 1.35 bits per heavy atom. The first-order valence-electron chi connectivity index (χ1n) is 5.44. The van der Waals surface area contributed by atoms with Crippen molar-refractivity contribution in [1.82, 2.24) is 14.5 Å². The minimum Gasteiger partial charge on any atom is -0.379 e. The number of hydrogen-bond acceptors (Lipinski definition) is 4. The molecule has 1 N–H and O–H groups in total. The van der Waals surface area contributed by atoms with Gasteiger partial charge in [-0.1, -0.05) is 0 Å². The Balaban J connectivity index is 2.36. The van der Waals surface area contributed by atoms with E-state index in [-0.39, 0.29) is 18.3 Å². The van der Waals surface area contributed by atoms with Crippen LogP contribution in [-0.4, -0.2) is 76.4 Å². The third-order valence-electron chi connectivity index (χ3n) is 2.41. The van der Waals surface area contributed by atoms with Crippen LogP contribution in [0.4, 0.5) is 4.79 Å². The highest BCUT2D eigenvalue weighted by Crippen LogP contribution is 2.04. The maximum atomic E-state index is 11.8. The molecule has 17 heavy (non-hydrogen) atoms. The van der Waals surface area contributed by atoms with E-state index in [0.29, 0.717) is 26.3 Å². The van der Waals surface area contributed by atoms with E-state index in [1.165, 1.54) is 9.21 Å². The van der Waals surface area contributed by atoms with Crippen LogP contribution in [0.5, 0.6) is 0 Å². The van der Waals surface area contributed by atoms with Crippen LogP contribution < -0.4 is 5.32 Å². The highest BCUT2D eigenvalue weighted by atomic mass is 32.2. The van der Waals surface area contributed by atoms with Gasteiger partial charge in [0.05, 0.1) is 19.0 Å². The normalized spacial score (nSPS) is 17.8. The molecule has 0 aliphatic carbocycles. The Labute approximate surface area is 102 Å². The highest BCUT2D eigenvalue weighted by Gasteiger charge is 2.23. The number of amides is 2. The van der Waals surface area contributed by atoms with Crippen LogP contribution in [0.3, 0.4) is 0 Å². The average molecular weight is 265 g/mol. The lowest BCUT2D eigenvalue weighted by Crippen LogP contribution is -2.44. The van der Waals surface area contributed by atoms with Crippen LogP contribution in [0.15, 0.2) is 0 Å². The van der Waals surface area contributed by atoms with Gasteiger partial charge in [0.2, 0.25) is 10.0 Å². The summed E-state index contributed by atoms with van der Waals surface area (Å²) in [5, 5.41) is 2.53. The van der Waals surface area contributed by atoms with Gasteiger partial charge in [0.25, 0.3) is 0 Å². The van der Waals surface area contributed by atoms with Gasteiger partial charge in [0.15, 0.2) is 0 Å². The third kappa shape index (κ3) is 4.49. The lowest BCUT2D eigenvalue weighted by Gasteiger charge is -2.26. The first kappa shape index (κ1) is 14.2. The molecular weight excluding hydrogens is 246 g/mol. The number of ether oxygens (including phenoxy) is 1. The molecule has 100 valence electrons. The Morgan fingerprint density at radius 2 is 1.94 bits per heavy atom. The Morgan fingerprint density at radius 3 is 2.47 bits per heavy atom. The quantitative estimate of drug-likeness (QED) is 0.701. The van der Waals surface area contributed by atoms with Gasteiger partial charge in [0, 0.05) is 33.7 Å². The first-order chi connectivity index (χ1) is 7.93. The molecule has 0 radical (unpaired) electrons. The standard InChI is InChI=1S/C9H19N3O4S/c1-11(2)9(13)10-3-8-17(14,15)12-4-6-16-7-5-12/h3-8H2,1-2H3,(H,10,13). The number of urea groups is 1. The molecule has 1 aliphatic rings. The largest absolute Gasteiger partial charge is 0.379 e. The van der Waals surface area contributed by atoms with E-state index in [1.54, 1.807) is 14.1 Å². The van der Waals surface area contributed by atoms with E-state index >= 15 is 0 Å². The SMILES string of the molecule is CN(C)C(=O)NCCS(=O)(=O)N1CCOCC1. The molecule has 0 aromatic carbocycles. The van der Waals surface area contributed by atoms with E-state index in [9.17, 15) is 13.2 Å². The van der Waals surface area contributed by atoms with Crippen molar-refractivity contribution in [3.05, 3.63) is 0 Å². The summed E-state index contributed by atoms with van der Waals surface area (Å²) in [5.41, 5.74) is 0. The predicted octanol–water partition coefficient (Wildman–Crippen LogP) is -1.08. The molecule has 0 atom stereocenters. The van der Waals surface area contributed by atoms with Crippen LogP contribution >= 0.6 is 0 Å². The molecule has 0 saturated carbocycles. The van der Waals surface area contributed by atoms with Crippen LogP contribution in [0.2, 0.25) is 0 Å². The van der Waals surface area contributed by atoms with Gasteiger partial charge < -0.3 is 15.0 Å². The molecule has 1 heterocycles. The summed E-state index contributed by atoms with van der Waals surface area (Å²) < 4.78 is 30.2. The van der Waals surface area contributed by atoms with E-state index < -0.39 is 10.0 Å². The van der Waals surface area contributed by atoms with E-state index in [4.69, 9.17) is 4.74 Å². The molecule has 1 saturated heterocycles. The lowest BCUT2D eigenvalue weighted by molar-refractivity contribution is 0.0730. The van der Waals surface area contributed by atoms with Crippen molar-refractivity contribution in [2.45, 2.75) is 0 Å². The van der Waals surface area contributed by atoms with E-state index in [2.05, 4.69) is 5.32 Å². The fraction of sp³-hybridized carbons (Fsp3) is 0.889. The average Bonchev–Trinajstić information content (AvgIpc) is 2.29. The number of sulfonamides is 1. The third-order valence-corrected chi connectivity index (χ3v) is 4.28. The summed E-state index contributed by atoms with van der Waals surface area (Å²) in [6, 6.07) is -0.290. The monoisotopic (exact) mass is 265 g/mol. The van der Waals surface area contributed by atoms with Gasteiger partial charge >= 0.3 is 6.03 Å². The zero-order chi connectivity index (χ0) is 12.9. The highest BCUT2D eigenvalue weighted by molar-refractivity contribution is 7.89. The molecule has 0 aromatic rings. The maximum absolute atomic E-state index is 11.8. The second kappa shape index (κ2) is 6.18. The first-order valence-corrected chi connectivity index (χ1v) is 7.05. The molecule has 2 amide bonds. The van der Waals surface area contributed by atoms with Crippen molar-refractivity contribution in [2.75, 3.05) is 52.7 Å². The maximum Gasteiger partial charge on any atom is 0.316 e. The molecule has 1 fully saturated rings. The van der Waals surface area contributed by atoms with Crippen molar-refractivity contribution >= 4 is 16.1 Å². The van der Waals surface area contributed by atoms with Crippen LogP contribution in [0.1, 0.15) is 0 Å².